The maximum absolute atomic E-state index is 9.55. The number of ether oxygens (including phenoxy) is 2. The van der Waals surface area contributed by atoms with Crippen LogP contribution in [0.15, 0.2) is 0 Å². The van der Waals surface area contributed by atoms with Gasteiger partial charge in [-0.1, -0.05) is 185 Å². The van der Waals surface area contributed by atoms with Gasteiger partial charge in [-0.25, -0.2) is 0 Å². The third-order valence-electron chi connectivity index (χ3n) is 11.0. The number of aliphatic hydroxyl groups is 1. The van der Waals surface area contributed by atoms with Gasteiger partial charge in [0.25, 0.3) is 0 Å². The Morgan fingerprint density at radius 2 is 0.660 bits per heavy atom. The molecule has 0 radical (unpaired) electrons. The largest absolute Gasteiger partial charge is 0.396 e. The van der Waals surface area contributed by atoms with Crippen LogP contribution in [0.5, 0.6) is 0 Å². The number of hydrogen-bond donors (Lipinski definition) is 1. The molecule has 0 spiro atoms. The lowest BCUT2D eigenvalue weighted by atomic mass is 9.91. The number of hydrogen-bond acceptors (Lipinski definition) is 3. The monoisotopic (exact) mass is 667 g/mol. The zero-order valence-corrected chi connectivity index (χ0v) is 34.1. The van der Waals surface area contributed by atoms with Crippen molar-refractivity contribution in [3.8, 4) is 0 Å². The molecule has 0 heterocycles. The van der Waals surface area contributed by atoms with Crippen LogP contribution in [0.3, 0.4) is 0 Å². The van der Waals surface area contributed by atoms with Crippen molar-refractivity contribution in [2.75, 3.05) is 26.4 Å². The number of aliphatic hydroxyl groups excluding tert-OH is 1. The molecule has 0 fully saturated rings. The normalized spacial score (nSPS) is 16.8. The Morgan fingerprint density at radius 1 is 0.362 bits per heavy atom. The molecule has 0 aliphatic heterocycles. The lowest BCUT2D eigenvalue weighted by Gasteiger charge is -2.20. The molecule has 0 amide bonds. The predicted octanol–water partition coefficient (Wildman–Crippen LogP) is 13.7. The van der Waals surface area contributed by atoms with Gasteiger partial charge in [0.05, 0.1) is 12.7 Å². The van der Waals surface area contributed by atoms with E-state index in [2.05, 4.69) is 69.2 Å². The molecular weight excluding hydrogens is 576 g/mol. The minimum Gasteiger partial charge on any atom is -0.396 e. The van der Waals surface area contributed by atoms with Crippen LogP contribution in [0, 0.1) is 47.3 Å². The molecule has 7 atom stereocenters. The van der Waals surface area contributed by atoms with Crippen LogP contribution in [0.1, 0.15) is 204 Å². The molecule has 0 rings (SSSR count). The molecule has 0 aliphatic rings. The second-order valence-corrected chi connectivity index (χ2v) is 17.7. The molecule has 0 saturated heterocycles. The molecular formula is C44H90O3. The molecule has 3 heteroatoms. The van der Waals surface area contributed by atoms with Gasteiger partial charge < -0.3 is 14.6 Å². The van der Waals surface area contributed by atoms with Gasteiger partial charge in [0.15, 0.2) is 0 Å². The van der Waals surface area contributed by atoms with E-state index in [1.54, 1.807) is 0 Å². The van der Waals surface area contributed by atoms with Crippen LogP contribution in [-0.4, -0.2) is 37.6 Å². The van der Waals surface area contributed by atoms with Crippen molar-refractivity contribution < 1.29 is 14.6 Å². The van der Waals surface area contributed by atoms with Gasteiger partial charge >= 0.3 is 0 Å². The third kappa shape index (κ3) is 32.8. The summed E-state index contributed by atoms with van der Waals surface area (Å²) in [4.78, 5) is 0. The summed E-state index contributed by atoms with van der Waals surface area (Å²) >= 11 is 0. The summed E-state index contributed by atoms with van der Waals surface area (Å²) in [5.74, 6) is 6.62. The van der Waals surface area contributed by atoms with Gasteiger partial charge in [-0.3, -0.25) is 0 Å². The smallest absolute Gasteiger partial charge is 0.0830 e. The van der Waals surface area contributed by atoms with Gasteiger partial charge in [0, 0.05) is 19.8 Å². The van der Waals surface area contributed by atoms with Crippen molar-refractivity contribution in [3.63, 3.8) is 0 Å². The first-order valence-corrected chi connectivity index (χ1v) is 21.2. The Bertz CT molecular complexity index is 634. The third-order valence-corrected chi connectivity index (χ3v) is 11.0. The van der Waals surface area contributed by atoms with E-state index in [0.29, 0.717) is 24.9 Å². The Hall–Kier alpha value is -0.120. The average Bonchev–Trinajstić information content (AvgIpc) is 2.99. The first-order chi connectivity index (χ1) is 22.4. The fourth-order valence-electron chi connectivity index (χ4n) is 7.17. The quantitative estimate of drug-likeness (QED) is 0.0684. The first-order valence-electron chi connectivity index (χ1n) is 21.2. The molecule has 0 bridgehead atoms. The Morgan fingerprint density at radius 3 is 0.979 bits per heavy atom. The van der Waals surface area contributed by atoms with E-state index in [1.807, 2.05) is 0 Å². The van der Waals surface area contributed by atoms with E-state index in [4.69, 9.17) is 9.47 Å². The van der Waals surface area contributed by atoms with Crippen molar-refractivity contribution in [2.45, 2.75) is 210 Å². The molecule has 284 valence electrons. The molecule has 0 aromatic rings. The summed E-state index contributed by atoms with van der Waals surface area (Å²) < 4.78 is 12.2. The summed E-state index contributed by atoms with van der Waals surface area (Å²) in [6.45, 7) is 26.3. The van der Waals surface area contributed by atoms with Crippen LogP contribution in [0.2, 0.25) is 0 Å². The van der Waals surface area contributed by atoms with Gasteiger partial charge in [-0.2, -0.15) is 0 Å². The summed E-state index contributed by atoms with van der Waals surface area (Å²) in [5, 5.41) is 9.55. The van der Waals surface area contributed by atoms with Gasteiger partial charge in [-0.15, -0.1) is 0 Å². The highest BCUT2D eigenvalue weighted by molar-refractivity contribution is 4.64. The molecule has 1 N–H and O–H groups in total. The van der Waals surface area contributed by atoms with Crippen molar-refractivity contribution in [2.24, 2.45) is 47.3 Å². The fraction of sp³-hybridized carbons (Fsp3) is 1.00. The molecule has 47 heavy (non-hydrogen) atoms. The van der Waals surface area contributed by atoms with Crippen molar-refractivity contribution in [3.05, 3.63) is 0 Å². The van der Waals surface area contributed by atoms with E-state index >= 15 is 0 Å². The second-order valence-electron chi connectivity index (χ2n) is 17.7. The standard InChI is InChI=1S/C44H90O3/c1-36(2)17-11-19-38(5)21-13-23-40(7)25-15-27-42(9)30-33-46-35-44(29-32-45)47-34-31-43(10)28-16-26-41(8)24-14-22-39(6)20-12-18-37(3)4/h36-45H,11-35H2,1-10H3. The lowest BCUT2D eigenvalue weighted by molar-refractivity contribution is -0.0326. The van der Waals surface area contributed by atoms with Crippen LogP contribution >= 0.6 is 0 Å². The number of rotatable bonds is 35. The highest BCUT2D eigenvalue weighted by Crippen LogP contribution is 2.24. The molecule has 0 aromatic heterocycles. The SMILES string of the molecule is CC(C)CCCC(C)CCCC(C)CCCC(C)CCOCC(CCO)OCCC(C)CCCC(C)CCCC(C)CCCC(C)C. The van der Waals surface area contributed by atoms with Crippen molar-refractivity contribution >= 4 is 0 Å². The van der Waals surface area contributed by atoms with E-state index < -0.39 is 0 Å². The first kappa shape index (κ1) is 46.9. The minimum atomic E-state index is 0.0223. The highest BCUT2D eigenvalue weighted by Gasteiger charge is 2.13. The van der Waals surface area contributed by atoms with Gasteiger partial charge in [0.1, 0.15) is 0 Å². The average molecular weight is 667 g/mol. The molecule has 0 saturated carbocycles. The van der Waals surface area contributed by atoms with E-state index in [9.17, 15) is 5.11 Å². The molecule has 7 unspecified atom stereocenters. The Labute approximate surface area is 297 Å². The predicted molar refractivity (Wildman–Crippen MR) is 209 cm³/mol. The topological polar surface area (TPSA) is 38.7 Å². The highest BCUT2D eigenvalue weighted by atomic mass is 16.5. The van der Waals surface area contributed by atoms with Gasteiger partial charge in [-0.05, 0) is 66.6 Å². The van der Waals surface area contributed by atoms with Crippen molar-refractivity contribution in [1.29, 1.82) is 0 Å². The van der Waals surface area contributed by atoms with Crippen LogP contribution in [-0.2, 0) is 9.47 Å². The summed E-state index contributed by atoms with van der Waals surface area (Å²) in [6, 6.07) is 0. The van der Waals surface area contributed by atoms with E-state index in [1.165, 1.54) is 116 Å². The van der Waals surface area contributed by atoms with E-state index in [0.717, 1.165) is 61.6 Å². The Balaban J connectivity index is 3.87. The summed E-state index contributed by atoms with van der Waals surface area (Å²) in [7, 11) is 0. The summed E-state index contributed by atoms with van der Waals surface area (Å²) in [6.07, 6.45) is 27.8. The second kappa shape index (κ2) is 31.8. The zero-order chi connectivity index (χ0) is 35.3. The molecule has 0 aromatic carbocycles. The Kier molecular flexibility index (Phi) is 31.8. The van der Waals surface area contributed by atoms with Gasteiger partial charge in [0.2, 0.25) is 0 Å². The van der Waals surface area contributed by atoms with Crippen molar-refractivity contribution in [1.82, 2.24) is 0 Å². The maximum Gasteiger partial charge on any atom is 0.0830 e. The maximum atomic E-state index is 9.55. The lowest BCUT2D eigenvalue weighted by Crippen LogP contribution is -2.23. The van der Waals surface area contributed by atoms with Crippen LogP contribution < -0.4 is 0 Å². The van der Waals surface area contributed by atoms with E-state index in [-0.39, 0.29) is 12.7 Å². The van der Waals surface area contributed by atoms with Crippen LogP contribution in [0.25, 0.3) is 0 Å². The molecule has 3 nitrogen and oxygen atoms in total. The zero-order valence-electron chi connectivity index (χ0n) is 34.1. The molecule has 0 aliphatic carbocycles. The van der Waals surface area contributed by atoms with Crippen LogP contribution in [0.4, 0.5) is 0 Å². The fourth-order valence-corrected chi connectivity index (χ4v) is 7.17. The summed E-state index contributed by atoms with van der Waals surface area (Å²) in [5.41, 5.74) is 0. The minimum absolute atomic E-state index is 0.0223.